The lowest BCUT2D eigenvalue weighted by Crippen LogP contribution is -2.21. The molecule has 2 N–H and O–H groups in total. The number of fused-ring (bicyclic) bond motifs is 1. The highest BCUT2D eigenvalue weighted by Gasteiger charge is 2.33. The summed E-state index contributed by atoms with van der Waals surface area (Å²) in [6.07, 6.45) is -3.75. The molecule has 0 aliphatic rings. The van der Waals surface area contributed by atoms with Crippen LogP contribution in [0.2, 0.25) is 0 Å². The van der Waals surface area contributed by atoms with Crippen molar-refractivity contribution in [1.29, 1.82) is 0 Å². The summed E-state index contributed by atoms with van der Waals surface area (Å²) in [7, 11) is 0. The van der Waals surface area contributed by atoms with Crippen LogP contribution in [-0.2, 0) is 12.6 Å². The number of nitrogens with one attached hydrogen (secondary N) is 2. The molecule has 1 aromatic heterocycles. The number of anilines is 2. The number of rotatable bonds is 3. The molecule has 3 aromatic rings. The number of aryl methyl sites for hydroxylation is 1. The number of halogens is 3. The quantitative estimate of drug-likeness (QED) is 0.642. The number of benzene rings is 2. The highest BCUT2D eigenvalue weighted by atomic mass is 32.1. The fourth-order valence-electron chi connectivity index (χ4n) is 2.43. The third-order valence-corrected chi connectivity index (χ3v) is 4.52. The van der Waals surface area contributed by atoms with Crippen molar-refractivity contribution in [2.45, 2.75) is 19.5 Å². The lowest BCUT2D eigenvalue weighted by Gasteiger charge is -2.13. The molecule has 0 saturated heterocycles. The first-order chi connectivity index (χ1) is 11.9. The Bertz CT molecular complexity index is 921. The van der Waals surface area contributed by atoms with Crippen molar-refractivity contribution in [1.82, 2.24) is 4.98 Å². The van der Waals surface area contributed by atoms with Gasteiger partial charge in [-0.15, -0.1) is 0 Å². The molecule has 0 fully saturated rings. The number of carbonyl (C=O) groups is 1. The predicted octanol–water partition coefficient (Wildman–Crippen LogP) is 5.52. The lowest BCUT2D eigenvalue weighted by molar-refractivity contribution is -0.136. The number of hydrogen-bond acceptors (Lipinski definition) is 3. The van der Waals surface area contributed by atoms with Gasteiger partial charge in [0.05, 0.1) is 21.5 Å². The fraction of sp³-hybridized carbons (Fsp3) is 0.176. The second-order valence-corrected chi connectivity index (χ2v) is 6.29. The summed E-state index contributed by atoms with van der Waals surface area (Å²) in [5.41, 5.74) is 0.635. The average Bonchev–Trinajstić information content (AvgIpc) is 2.96. The summed E-state index contributed by atoms with van der Waals surface area (Å²) in [5.74, 6) is 0. The molecule has 0 bridgehead atoms. The Kier molecular flexibility index (Phi) is 4.63. The second kappa shape index (κ2) is 6.72. The van der Waals surface area contributed by atoms with Gasteiger partial charge in [-0.1, -0.05) is 42.5 Å². The van der Waals surface area contributed by atoms with Gasteiger partial charge in [-0.2, -0.15) is 13.2 Å². The summed E-state index contributed by atoms with van der Waals surface area (Å²) < 4.78 is 39.8. The third-order valence-electron chi connectivity index (χ3n) is 3.58. The molecule has 3 rings (SSSR count). The zero-order valence-corrected chi connectivity index (χ0v) is 14.0. The van der Waals surface area contributed by atoms with Gasteiger partial charge in [-0.25, -0.2) is 9.78 Å². The molecule has 0 aliphatic carbocycles. The van der Waals surface area contributed by atoms with Crippen molar-refractivity contribution in [2.75, 3.05) is 10.6 Å². The van der Waals surface area contributed by atoms with Gasteiger partial charge in [0, 0.05) is 0 Å². The van der Waals surface area contributed by atoms with Crippen LogP contribution in [0, 0.1) is 0 Å². The number of carbonyl (C=O) groups excluding carboxylic acids is 1. The molecule has 25 heavy (non-hydrogen) atoms. The average molecular weight is 365 g/mol. The van der Waals surface area contributed by atoms with Crippen molar-refractivity contribution in [2.24, 2.45) is 0 Å². The molecule has 130 valence electrons. The largest absolute Gasteiger partial charge is 0.418 e. The summed E-state index contributed by atoms with van der Waals surface area (Å²) in [5, 5.41) is 5.07. The zero-order chi connectivity index (χ0) is 18.0. The minimum absolute atomic E-state index is 0.303. The monoisotopic (exact) mass is 365 g/mol. The maximum atomic E-state index is 13.0. The van der Waals surface area contributed by atoms with Crippen LogP contribution < -0.4 is 10.6 Å². The molecule has 2 amide bonds. The topological polar surface area (TPSA) is 54.0 Å². The van der Waals surface area contributed by atoms with E-state index in [4.69, 9.17) is 0 Å². The SMILES string of the molecule is CCc1cccc2sc(NC(=O)Nc3ccccc3C(F)(F)F)nc12. The van der Waals surface area contributed by atoms with E-state index in [1.165, 1.54) is 29.5 Å². The molecule has 0 atom stereocenters. The van der Waals surface area contributed by atoms with E-state index in [-0.39, 0.29) is 5.69 Å². The van der Waals surface area contributed by atoms with E-state index in [0.717, 1.165) is 28.3 Å². The van der Waals surface area contributed by atoms with Crippen LogP contribution >= 0.6 is 11.3 Å². The first kappa shape index (κ1) is 17.2. The highest BCUT2D eigenvalue weighted by Crippen LogP contribution is 2.35. The van der Waals surface area contributed by atoms with Crippen LogP contribution in [0.3, 0.4) is 0 Å². The van der Waals surface area contributed by atoms with Crippen molar-refractivity contribution < 1.29 is 18.0 Å². The van der Waals surface area contributed by atoms with E-state index >= 15 is 0 Å². The summed E-state index contributed by atoms with van der Waals surface area (Å²) in [6.45, 7) is 2.00. The smallest absolute Gasteiger partial charge is 0.307 e. The first-order valence-electron chi connectivity index (χ1n) is 7.51. The van der Waals surface area contributed by atoms with E-state index in [9.17, 15) is 18.0 Å². The Hall–Kier alpha value is -2.61. The fourth-order valence-corrected chi connectivity index (χ4v) is 3.34. The molecule has 2 aromatic carbocycles. The van der Waals surface area contributed by atoms with Gasteiger partial charge in [0.2, 0.25) is 0 Å². The van der Waals surface area contributed by atoms with E-state index in [0.29, 0.717) is 5.13 Å². The second-order valence-electron chi connectivity index (χ2n) is 5.26. The molecule has 0 aliphatic heterocycles. The van der Waals surface area contributed by atoms with Gasteiger partial charge in [0.1, 0.15) is 0 Å². The van der Waals surface area contributed by atoms with Gasteiger partial charge < -0.3 is 5.32 Å². The van der Waals surface area contributed by atoms with Gasteiger partial charge in [-0.3, -0.25) is 5.32 Å². The Labute approximate surface area is 145 Å². The van der Waals surface area contributed by atoms with Gasteiger partial charge in [-0.05, 0) is 30.2 Å². The van der Waals surface area contributed by atoms with Crippen LogP contribution in [0.5, 0.6) is 0 Å². The predicted molar refractivity (Wildman–Crippen MR) is 93.1 cm³/mol. The third kappa shape index (κ3) is 3.74. The molecule has 4 nitrogen and oxygen atoms in total. The summed E-state index contributed by atoms with van der Waals surface area (Å²) in [4.78, 5) is 16.4. The van der Waals surface area contributed by atoms with Crippen molar-refractivity contribution in [3.8, 4) is 0 Å². The number of nitrogens with zero attached hydrogens (tertiary/aromatic N) is 1. The zero-order valence-electron chi connectivity index (χ0n) is 13.1. The minimum Gasteiger partial charge on any atom is -0.307 e. The number of amides is 2. The number of hydrogen-bond donors (Lipinski definition) is 2. The van der Waals surface area contributed by atoms with Crippen LogP contribution in [-0.4, -0.2) is 11.0 Å². The molecular weight excluding hydrogens is 351 g/mol. The normalized spacial score (nSPS) is 11.5. The van der Waals surface area contributed by atoms with Gasteiger partial charge in [0.15, 0.2) is 5.13 Å². The first-order valence-corrected chi connectivity index (χ1v) is 8.33. The number of urea groups is 1. The van der Waals surface area contributed by atoms with Crippen LogP contribution in [0.15, 0.2) is 42.5 Å². The summed E-state index contributed by atoms with van der Waals surface area (Å²) >= 11 is 1.27. The van der Waals surface area contributed by atoms with Crippen LogP contribution in [0.4, 0.5) is 28.8 Å². The molecule has 1 heterocycles. The summed E-state index contributed by atoms with van der Waals surface area (Å²) in [6, 6.07) is 9.79. The Morgan fingerprint density at radius 3 is 2.60 bits per heavy atom. The van der Waals surface area contributed by atoms with E-state index in [2.05, 4.69) is 15.6 Å². The minimum atomic E-state index is -4.55. The van der Waals surface area contributed by atoms with Gasteiger partial charge >= 0.3 is 12.2 Å². The van der Waals surface area contributed by atoms with Gasteiger partial charge in [0.25, 0.3) is 0 Å². The van der Waals surface area contributed by atoms with Crippen molar-refractivity contribution >= 4 is 38.4 Å². The maximum absolute atomic E-state index is 13.0. The number of alkyl halides is 3. The number of aromatic nitrogens is 1. The van der Waals surface area contributed by atoms with Crippen LogP contribution in [0.1, 0.15) is 18.1 Å². The maximum Gasteiger partial charge on any atom is 0.418 e. The van der Waals surface area contributed by atoms with Crippen molar-refractivity contribution in [3.05, 3.63) is 53.6 Å². The Morgan fingerprint density at radius 2 is 1.88 bits per heavy atom. The molecule has 0 unspecified atom stereocenters. The standard InChI is InChI=1S/C17H14F3N3OS/c1-2-10-6-5-9-13-14(10)22-16(25-13)23-15(24)21-12-8-4-3-7-11(12)17(18,19)20/h3-9H,2H2,1H3,(H2,21,22,23,24). The molecule has 0 spiro atoms. The van der Waals surface area contributed by atoms with Crippen LogP contribution in [0.25, 0.3) is 10.2 Å². The Morgan fingerprint density at radius 1 is 1.12 bits per heavy atom. The number of thiazole rings is 1. The Balaban J connectivity index is 1.80. The molecule has 0 radical (unpaired) electrons. The molecular formula is C17H14F3N3OS. The van der Waals surface area contributed by atoms with Crippen molar-refractivity contribution in [3.63, 3.8) is 0 Å². The molecule has 8 heteroatoms. The van der Waals surface area contributed by atoms with E-state index < -0.39 is 17.8 Å². The number of para-hydroxylation sites is 2. The van der Waals surface area contributed by atoms with E-state index in [1.807, 2.05) is 25.1 Å². The highest BCUT2D eigenvalue weighted by molar-refractivity contribution is 7.22. The molecule has 0 saturated carbocycles. The van der Waals surface area contributed by atoms with E-state index in [1.54, 1.807) is 0 Å². The lowest BCUT2D eigenvalue weighted by atomic mass is 10.1.